The maximum absolute atomic E-state index is 12.7. The molecule has 0 aliphatic heterocycles. The third-order valence-electron chi connectivity index (χ3n) is 4.08. The zero-order chi connectivity index (χ0) is 20.6. The van der Waals surface area contributed by atoms with Crippen molar-refractivity contribution in [2.45, 2.75) is 46.0 Å². The van der Waals surface area contributed by atoms with Crippen molar-refractivity contribution < 1.29 is 22.8 Å². The summed E-state index contributed by atoms with van der Waals surface area (Å²) in [5.74, 6) is -0.787. The van der Waals surface area contributed by atoms with Crippen LogP contribution in [0.25, 0.3) is 11.0 Å². The van der Waals surface area contributed by atoms with Crippen LogP contribution in [0.3, 0.4) is 0 Å². The van der Waals surface area contributed by atoms with Gasteiger partial charge in [-0.1, -0.05) is 32.9 Å². The van der Waals surface area contributed by atoms with Gasteiger partial charge in [0.05, 0.1) is 17.5 Å². The smallest absolute Gasteiger partial charge is 0.368 e. The van der Waals surface area contributed by atoms with Gasteiger partial charge in [0.2, 0.25) is 5.91 Å². The zero-order valence-electron chi connectivity index (χ0n) is 15.1. The van der Waals surface area contributed by atoms with Gasteiger partial charge in [-0.25, -0.2) is 14.2 Å². The normalized spacial score (nSPS) is 13.6. The molecule has 0 bridgehead atoms. The van der Waals surface area contributed by atoms with Crippen molar-refractivity contribution in [1.29, 1.82) is 0 Å². The van der Waals surface area contributed by atoms with E-state index in [-0.39, 0.29) is 11.0 Å². The number of para-hydroxylation sites is 2. The van der Waals surface area contributed by atoms with Crippen LogP contribution in [0.5, 0.6) is 0 Å². The van der Waals surface area contributed by atoms with E-state index >= 15 is 0 Å². The molecule has 0 fully saturated rings. The van der Waals surface area contributed by atoms with Gasteiger partial charge in [-0.3, -0.25) is 9.36 Å². The number of hydrogen-bond donors (Lipinski definition) is 2. The SMILES string of the molecule is CC(C)(C)[C@H](NC(=O)n1c(=O)n(CCC(F)(F)F)c2ccccc21)C(N)=O. The molecule has 1 aromatic carbocycles. The maximum Gasteiger partial charge on any atom is 0.390 e. The number of nitrogens with two attached hydrogens (primary N) is 1. The minimum Gasteiger partial charge on any atom is -0.368 e. The lowest BCUT2D eigenvalue weighted by Gasteiger charge is -2.28. The van der Waals surface area contributed by atoms with Crippen LogP contribution in [0.2, 0.25) is 0 Å². The van der Waals surface area contributed by atoms with Crippen molar-refractivity contribution in [3.63, 3.8) is 0 Å². The number of carbonyl (C=O) groups excluding carboxylic acids is 2. The number of nitrogens with one attached hydrogen (secondary N) is 1. The molecule has 10 heteroatoms. The quantitative estimate of drug-likeness (QED) is 0.843. The molecular weight excluding hydrogens is 365 g/mol. The molecule has 2 amide bonds. The molecule has 148 valence electrons. The Morgan fingerprint density at radius 3 is 2.19 bits per heavy atom. The first kappa shape index (κ1) is 20.5. The standard InChI is InChI=1S/C17H21F3N4O3/c1-16(2,3)12(13(21)25)22-14(26)24-11-7-5-4-6-10(11)23(15(24)27)9-8-17(18,19)20/h4-7,12H,8-9H2,1-3H3,(H2,21,25)(H,22,26)/t12-/m1/s1. The third-order valence-corrected chi connectivity index (χ3v) is 4.08. The Labute approximate surface area is 152 Å². The summed E-state index contributed by atoms with van der Waals surface area (Å²) >= 11 is 0. The first-order chi connectivity index (χ1) is 12.3. The second-order valence-electron chi connectivity index (χ2n) is 7.27. The molecule has 0 spiro atoms. The van der Waals surface area contributed by atoms with Crippen LogP contribution in [-0.2, 0) is 11.3 Å². The minimum atomic E-state index is -4.45. The molecule has 7 nitrogen and oxygen atoms in total. The molecule has 1 aromatic heterocycles. The van der Waals surface area contributed by atoms with E-state index in [0.717, 1.165) is 4.57 Å². The fraction of sp³-hybridized carbons (Fsp3) is 0.471. The topological polar surface area (TPSA) is 99.1 Å². The van der Waals surface area contributed by atoms with Crippen LogP contribution in [0.4, 0.5) is 18.0 Å². The number of alkyl halides is 3. The monoisotopic (exact) mass is 386 g/mol. The largest absolute Gasteiger partial charge is 0.390 e. The Morgan fingerprint density at radius 1 is 1.15 bits per heavy atom. The molecule has 1 atom stereocenters. The Balaban J connectivity index is 2.49. The average Bonchev–Trinajstić information content (AvgIpc) is 2.80. The van der Waals surface area contributed by atoms with Gasteiger partial charge in [0.25, 0.3) is 0 Å². The van der Waals surface area contributed by atoms with E-state index < -0.39 is 48.2 Å². The van der Waals surface area contributed by atoms with Crippen molar-refractivity contribution >= 4 is 23.0 Å². The van der Waals surface area contributed by atoms with Gasteiger partial charge in [0, 0.05) is 6.54 Å². The molecule has 0 radical (unpaired) electrons. The zero-order valence-corrected chi connectivity index (χ0v) is 15.1. The fourth-order valence-electron chi connectivity index (χ4n) is 2.76. The maximum atomic E-state index is 12.7. The molecule has 2 aromatic rings. The number of aromatic nitrogens is 2. The molecule has 0 saturated carbocycles. The van der Waals surface area contributed by atoms with E-state index in [4.69, 9.17) is 5.73 Å². The second-order valence-corrected chi connectivity index (χ2v) is 7.27. The van der Waals surface area contributed by atoms with Crippen LogP contribution in [0.1, 0.15) is 27.2 Å². The highest BCUT2D eigenvalue weighted by Gasteiger charge is 2.33. The number of aryl methyl sites for hydroxylation is 1. The molecule has 3 N–H and O–H groups in total. The fourth-order valence-corrected chi connectivity index (χ4v) is 2.76. The van der Waals surface area contributed by atoms with Gasteiger partial charge in [-0.2, -0.15) is 13.2 Å². The van der Waals surface area contributed by atoms with Gasteiger partial charge in [-0.05, 0) is 17.5 Å². The number of fused-ring (bicyclic) bond motifs is 1. The highest BCUT2D eigenvalue weighted by molar-refractivity contribution is 5.92. The molecule has 2 rings (SSSR count). The number of primary amides is 1. The highest BCUT2D eigenvalue weighted by Crippen LogP contribution is 2.22. The molecular formula is C17H21F3N4O3. The molecule has 0 saturated heterocycles. The predicted molar refractivity (Wildman–Crippen MR) is 93.2 cm³/mol. The summed E-state index contributed by atoms with van der Waals surface area (Å²) in [7, 11) is 0. The van der Waals surface area contributed by atoms with Crippen LogP contribution in [-0.4, -0.2) is 33.3 Å². The van der Waals surface area contributed by atoms with Crippen LogP contribution >= 0.6 is 0 Å². The second kappa shape index (κ2) is 7.09. The number of nitrogens with zero attached hydrogens (tertiary/aromatic N) is 2. The summed E-state index contributed by atoms with van der Waals surface area (Å²) in [6.45, 7) is 4.41. The van der Waals surface area contributed by atoms with E-state index in [2.05, 4.69) is 5.32 Å². The van der Waals surface area contributed by atoms with E-state index in [0.29, 0.717) is 4.57 Å². The van der Waals surface area contributed by atoms with Crippen LogP contribution in [0, 0.1) is 5.41 Å². The lowest BCUT2D eigenvalue weighted by Crippen LogP contribution is -2.54. The Kier molecular flexibility index (Phi) is 5.39. The molecule has 0 aliphatic carbocycles. The van der Waals surface area contributed by atoms with Crippen molar-refractivity contribution in [3.05, 3.63) is 34.7 Å². The van der Waals surface area contributed by atoms with Gasteiger partial charge < -0.3 is 11.1 Å². The van der Waals surface area contributed by atoms with Crippen molar-refractivity contribution in [3.8, 4) is 0 Å². The molecule has 1 heterocycles. The Bertz CT molecular complexity index is 922. The van der Waals surface area contributed by atoms with Crippen LogP contribution < -0.4 is 16.7 Å². The lowest BCUT2D eigenvalue weighted by molar-refractivity contribution is -0.136. The summed E-state index contributed by atoms with van der Waals surface area (Å²) in [5, 5.41) is 2.41. The summed E-state index contributed by atoms with van der Waals surface area (Å²) < 4.78 is 39.3. The van der Waals surface area contributed by atoms with E-state index in [1.54, 1.807) is 32.9 Å². The minimum absolute atomic E-state index is 0.138. The van der Waals surface area contributed by atoms with E-state index in [1.807, 2.05) is 0 Å². The van der Waals surface area contributed by atoms with Crippen molar-refractivity contribution in [2.24, 2.45) is 11.1 Å². The summed E-state index contributed by atoms with van der Waals surface area (Å²) in [5.41, 5.74) is 4.01. The highest BCUT2D eigenvalue weighted by atomic mass is 19.4. The predicted octanol–water partition coefficient (Wildman–Crippen LogP) is 2.21. The summed E-state index contributed by atoms with van der Waals surface area (Å²) in [6.07, 6.45) is -5.66. The first-order valence-electron chi connectivity index (χ1n) is 8.20. The van der Waals surface area contributed by atoms with Gasteiger partial charge in [0.15, 0.2) is 0 Å². The molecule has 0 unspecified atom stereocenters. The van der Waals surface area contributed by atoms with Gasteiger partial charge >= 0.3 is 17.9 Å². The molecule has 0 aliphatic rings. The summed E-state index contributed by atoms with van der Waals surface area (Å²) in [6, 6.07) is 3.99. The Morgan fingerprint density at radius 2 is 1.70 bits per heavy atom. The number of imidazole rings is 1. The molecule has 27 heavy (non-hydrogen) atoms. The average molecular weight is 386 g/mol. The van der Waals surface area contributed by atoms with Crippen LogP contribution in [0.15, 0.2) is 29.1 Å². The van der Waals surface area contributed by atoms with E-state index in [1.165, 1.54) is 12.1 Å². The van der Waals surface area contributed by atoms with Gasteiger partial charge in [0.1, 0.15) is 6.04 Å². The lowest BCUT2D eigenvalue weighted by atomic mass is 9.86. The first-order valence-corrected chi connectivity index (χ1v) is 8.20. The third kappa shape index (κ3) is 4.50. The number of amides is 2. The number of hydrogen-bond acceptors (Lipinski definition) is 3. The number of carbonyl (C=O) groups is 2. The summed E-state index contributed by atoms with van der Waals surface area (Å²) in [4.78, 5) is 37.0. The van der Waals surface area contributed by atoms with Crippen molar-refractivity contribution in [2.75, 3.05) is 0 Å². The number of benzene rings is 1. The number of rotatable bonds is 4. The van der Waals surface area contributed by atoms with Gasteiger partial charge in [-0.15, -0.1) is 0 Å². The van der Waals surface area contributed by atoms with E-state index in [9.17, 15) is 27.6 Å². The van der Waals surface area contributed by atoms with Crippen molar-refractivity contribution in [1.82, 2.24) is 14.5 Å². The number of halogens is 3. The Hall–Kier alpha value is -2.78.